The van der Waals surface area contributed by atoms with Gasteiger partial charge in [0.05, 0.1) is 24.9 Å². The average Bonchev–Trinajstić information content (AvgIpc) is 2.01. The topological polar surface area (TPSA) is 52.6 Å². The van der Waals surface area contributed by atoms with E-state index < -0.39 is 27.7 Å². The van der Waals surface area contributed by atoms with Gasteiger partial charge in [-0.1, -0.05) is 6.92 Å². The van der Waals surface area contributed by atoms with Crippen molar-refractivity contribution >= 4 is 10.2 Å². The lowest BCUT2D eigenvalue weighted by atomic mass is 10.0. The smallest absolute Gasteiger partial charge is 0.305 e. The molecule has 0 aromatic heterocycles. The number of halogens is 1. The van der Waals surface area contributed by atoms with Crippen LogP contribution in [0.3, 0.4) is 0 Å². The van der Waals surface area contributed by atoms with E-state index >= 15 is 0 Å². The molecule has 1 aliphatic rings. The Kier molecular flexibility index (Phi) is 3.49. The lowest BCUT2D eigenvalue weighted by Gasteiger charge is -2.37. The Bertz CT molecular complexity index is 290. The number of ether oxygens (including phenoxy) is 2. The predicted molar refractivity (Wildman–Crippen MR) is 49.3 cm³/mol. The summed E-state index contributed by atoms with van der Waals surface area (Å²) in [6.07, 6.45) is 0.0132. The van der Waals surface area contributed by atoms with E-state index in [0.29, 0.717) is 13.0 Å². The fraction of sp³-hybridized carbons (Fsp3) is 1.00. The lowest BCUT2D eigenvalue weighted by Crippen LogP contribution is -2.47. The van der Waals surface area contributed by atoms with Gasteiger partial charge >= 0.3 is 10.2 Å². The molecule has 2 atom stereocenters. The first-order valence-corrected chi connectivity index (χ1v) is 6.08. The van der Waals surface area contributed by atoms with Crippen LogP contribution in [0.5, 0.6) is 0 Å². The Labute approximate surface area is 83.6 Å². The van der Waals surface area contributed by atoms with Crippen molar-refractivity contribution < 1.29 is 21.8 Å². The average molecular weight is 226 g/mol. The fourth-order valence-corrected chi connectivity index (χ4v) is 1.97. The van der Waals surface area contributed by atoms with Gasteiger partial charge in [-0.05, 0) is 13.3 Å². The van der Waals surface area contributed by atoms with E-state index in [1.54, 1.807) is 0 Å². The van der Waals surface area contributed by atoms with Crippen LogP contribution < -0.4 is 0 Å². The molecule has 4 nitrogen and oxygen atoms in total. The Balaban J connectivity index is 2.57. The zero-order valence-electron chi connectivity index (χ0n) is 8.32. The summed E-state index contributed by atoms with van der Waals surface area (Å²) in [5, 5.41) is 0. The van der Waals surface area contributed by atoms with Crippen molar-refractivity contribution in [2.75, 3.05) is 19.0 Å². The van der Waals surface area contributed by atoms with E-state index in [4.69, 9.17) is 9.47 Å². The van der Waals surface area contributed by atoms with Crippen LogP contribution in [-0.2, 0) is 19.7 Å². The zero-order valence-corrected chi connectivity index (χ0v) is 9.14. The first kappa shape index (κ1) is 11.9. The Morgan fingerprint density at radius 1 is 1.57 bits per heavy atom. The first-order valence-electron chi connectivity index (χ1n) is 4.52. The van der Waals surface area contributed by atoms with E-state index in [9.17, 15) is 12.3 Å². The molecule has 0 spiro atoms. The van der Waals surface area contributed by atoms with Crippen molar-refractivity contribution in [2.24, 2.45) is 0 Å². The maximum Gasteiger partial charge on any atom is 0.305 e. The van der Waals surface area contributed by atoms with Gasteiger partial charge in [0.2, 0.25) is 0 Å². The first-order chi connectivity index (χ1) is 6.35. The molecule has 0 radical (unpaired) electrons. The van der Waals surface area contributed by atoms with Gasteiger partial charge in [-0.2, -0.15) is 8.42 Å². The van der Waals surface area contributed by atoms with E-state index in [1.165, 1.54) is 0 Å². The largest absolute Gasteiger partial charge is 0.376 e. The van der Waals surface area contributed by atoms with Crippen molar-refractivity contribution in [2.45, 2.75) is 32.0 Å². The van der Waals surface area contributed by atoms with Gasteiger partial charge in [-0.15, -0.1) is 3.89 Å². The summed E-state index contributed by atoms with van der Waals surface area (Å²) < 4.78 is 43.8. The van der Waals surface area contributed by atoms with Crippen LogP contribution in [0, 0.1) is 0 Å². The number of rotatable bonds is 3. The second-order valence-corrected chi connectivity index (χ2v) is 5.17. The predicted octanol–water partition coefficient (Wildman–Crippen LogP) is 0.870. The highest BCUT2D eigenvalue weighted by molar-refractivity contribution is 7.86. The molecule has 14 heavy (non-hydrogen) atoms. The summed E-state index contributed by atoms with van der Waals surface area (Å²) in [4.78, 5) is 0. The standard InChI is InChI=1S/C8H15FO4S/c1-3-8(2)6-12-4-7(13-8)5-14(9,10)11/h7H,3-6H2,1-2H3. The van der Waals surface area contributed by atoms with Crippen LogP contribution >= 0.6 is 0 Å². The van der Waals surface area contributed by atoms with E-state index in [0.717, 1.165) is 0 Å². The van der Waals surface area contributed by atoms with Gasteiger partial charge in [0.25, 0.3) is 0 Å². The highest BCUT2D eigenvalue weighted by atomic mass is 32.3. The second kappa shape index (κ2) is 4.12. The number of hydrogen-bond acceptors (Lipinski definition) is 4. The summed E-state index contributed by atoms with van der Waals surface area (Å²) >= 11 is 0. The third kappa shape index (κ3) is 3.51. The summed E-state index contributed by atoms with van der Waals surface area (Å²) in [6.45, 7) is 4.30. The molecular formula is C8H15FO4S. The van der Waals surface area contributed by atoms with Crippen molar-refractivity contribution in [3.63, 3.8) is 0 Å². The molecule has 0 aromatic carbocycles. The third-order valence-corrected chi connectivity index (χ3v) is 3.07. The molecule has 0 aliphatic carbocycles. The van der Waals surface area contributed by atoms with Crippen LogP contribution in [-0.4, -0.2) is 39.1 Å². The van der Waals surface area contributed by atoms with Crippen molar-refractivity contribution in [1.82, 2.24) is 0 Å². The summed E-state index contributed by atoms with van der Waals surface area (Å²) in [7, 11) is -4.49. The van der Waals surface area contributed by atoms with Crippen molar-refractivity contribution in [3.8, 4) is 0 Å². The van der Waals surface area contributed by atoms with Gasteiger partial charge < -0.3 is 9.47 Å². The maximum atomic E-state index is 12.4. The van der Waals surface area contributed by atoms with Gasteiger partial charge in [0.15, 0.2) is 0 Å². The summed E-state index contributed by atoms with van der Waals surface area (Å²) in [6, 6.07) is 0. The minimum Gasteiger partial charge on any atom is -0.376 e. The van der Waals surface area contributed by atoms with Gasteiger partial charge in [0, 0.05) is 0 Å². The Hall–Kier alpha value is -0.200. The quantitative estimate of drug-likeness (QED) is 0.670. The van der Waals surface area contributed by atoms with Crippen molar-refractivity contribution in [3.05, 3.63) is 0 Å². The van der Waals surface area contributed by atoms with E-state index in [-0.39, 0.29) is 6.61 Å². The van der Waals surface area contributed by atoms with Crippen LogP contribution in [0.25, 0.3) is 0 Å². The Morgan fingerprint density at radius 3 is 2.71 bits per heavy atom. The van der Waals surface area contributed by atoms with E-state index in [1.807, 2.05) is 13.8 Å². The van der Waals surface area contributed by atoms with Gasteiger partial charge in [-0.25, -0.2) is 0 Å². The molecule has 1 aliphatic heterocycles. The SMILES string of the molecule is CCC1(C)COCC(CS(=O)(=O)F)O1. The molecule has 1 heterocycles. The molecule has 1 fully saturated rings. The highest BCUT2D eigenvalue weighted by Gasteiger charge is 2.34. The van der Waals surface area contributed by atoms with Crippen LogP contribution in [0.2, 0.25) is 0 Å². The van der Waals surface area contributed by atoms with Crippen molar-refractivity contribution in [1.29, 1.82) is 0 Å². The summed E-state index contributed by atoms with van der Waals surface area (Å²) in [5.74, 6) is -0.622. The zero-order chi connectivity index (χ0) is 10.8. The Morgan fingerprint density at radius 2 is 2.21 bits per heavy atom. The minimum atomic E-state index is -4.49. The highest BCUT2D eigenvalue weighted by Crippen LogP contribution is 2.23. The molecule has 0 saturated carbocycles. The monoisotopic (exact) mass is 226 g/mol. The normalized spacial score (nSPS) is 34.4. The molecule has 84 valence electrons. The van der Waals surface area contributed by atoms with Crippen LogP contribution in [0.15, 0.2) is 0 Å². The molecule has 0 bridgehead atoms. The molecule has 0 aromatic rings. The van der Waals surface area contributed by atoms with Gasteiger partial charge in [0.1, 0.15) is 5.75 Å². The van der Waals surface area contributed by atoms with E-state index in [2.05, 4.69) is 0 Å². The van der Waals surface area contributed by atoms with Crippen LogP contribution in [0.1, 0.15) is 20.3 Å². The summed E-state index contributed by atoms with van der Waals surface area (Å²) in [5.41, 5.74) is -0.492. The molecule has 1 saturated heterocycles. The second-order valence-electron chi connectivity index (χ2n) is 3.76. The molecular weight excluding hydrogens is 211 g/mol. The maximum absolute atomic E-state index is 12.4. The minimum absolute atomic E-state index is 0.138. The molecule has 6 heteroatoms. The van der Waals surface area contributed by atoms with Gasteiger partial charge in [-0.3, -0.25) is 0 Å². The molecule has 1 rings (SSSR count). The third-order valence-electron chi connectivity index (χ3n) is 2.30. The number of hydrogen-bond donors (Lipinski definition) is 0. The molecule has 0 N–H and O–H groups in total. The lowest BCUT2D eigenvalue weighted by molar-refractivity contribution is -0.184. The molecule has 2 unspecified atom stereocenters. The van der Waals surface area contributed by atoms with Crippen LogP contribution in [0.4, 0.5) is 3.89 Å². The molecule has 0 amide bonds. The fourth-order valence-electron chi connectivity index (χ4n) is 1.37.